The molecule has 0 fully saturated rings. The molecule has 0 heterocycles. The summed E-state index contributed by atoms with van der Waals surface area (Å²) in [6.45, 7) is -1.20. The lowest BCUT2D eigenvalue weighted by Gasteiger charge is -2.47. The van der Waals surface area contributed by atoms with Gasteiger partial charge in [-0.3, -0.25) is 9.59 Å². The largest absolute Gasteiger partial charge is 0.460 e. The molecule has 0 aliphatic rings. The molecular formula is C35H10F45N3O5. The third-order valence-electron chi connectivity index (χ3n) is 11.2. The Hall–Kier alpha value is -6.23. The highest BCUT2D eigenvalue weighted by molar-refractivity contribution is 6.03. The Morgan fingerprint density at radius 2 is 0.591 bits per heavy atom. The van der Waals surface area contributed by atoms with Crippen molar-refractivity contribution < 1.29 is 221 Å². The number of isocyanates is 2. The molecule has 0 aromatic heterocycles. The highest BCUT2D eigenvalue weighted by atomic mass is 19.4. The van der Waals surface area contributed by atoms with E-state index in [9.17, 15) is 190 Å². The molecule has 0 radical (unpaired) electrons. The quantitative estimate of drug-likeness (QED) is 0.0326. The summed E-state index contributed by atoms with van der Waals surface area (Å²) < 4.78 is 644. The Labute approximate surface area is 447 Å². The average Bonchev–Trinajstić information content (AvgIpc) is 3.33. The molecule has 88 heavy (non-hydrogen) atoms. The number of alkyl halides is 45. The van der Waals surface area contributed by atoms with Crippen LogP contribution >= 0.6 is 0 Å². The lowest BCUT2D eigenvalue weighted by atomic mass is 9.81. The number of rotatable bonds is 26. The van der Waals surface area contributed by atoms with Gasteiger partial charge >= 0.3 is 137 Å². The maximum Gasteiger partial charge on any atom is 0.460 e. The molecular weight excluding hydrogens is 1400 g/mol. The Morgan fingerprint density at radius 1 is 0.375 bits per heavy atom. The smallest absolute Gasteiger partial charge is 0.445 e. The fourth-order valence-electron chi connectivity index (χ4n) is 5.97. The standard InChI is InChI=1S/C35H10F45N3O5/c1-7-10(81-4-84)3-9(11(12(7)82-5-85)13(87)83-6-88-8(2)86)14(36,37)15(38,39)16(40,41)17(42,43)18(44,45)19(46,47)20(48,49)21(50,51)22(52,53)23(54,55)24(56,57)25(58,59)26(60,61)27(62,63)28(64,65)29(66,67)30(68,69)31(70,71)32(72,73)33(74,75)34(76,77)35(78,79)80/h3H,6H2,1-2H3,(H,83,87). The molecule has 1 rings (SSSR count). The van der Waals surface area contributed by atoms with Crippen LogP contribution in [-0.4, -0.2) is 155 Å². The fraction of sp³-hybridized carbons (Fsp3) is 0.714. The average molecular weight is 1410 g/mol. The van der Waals surface area contributed by atoms with Crippen molar-refractivity contribution in [1.82, 2.24) is 5.32 Å². The zero-order chi connectivity index (χ0) is 71.7. The molecule has 0 spiro atoms. The summed E-state index contributed by atoms with van der Waals surface area (Å²) in [7, 11) is 0. The van der Waals surface area contributed by atoms with E-state index in [-0.39, 0.29) is 19.1 Å². The van der Waals surface area contributed by atoms with Crippen LogP contribution in [0.5, 0.6) is 0 Å². The van der Waals surface area contributed by atoms with E-state index in [0.29, 0.717) is 6.92 Å². The molecule has 1 N–H and O–H groups in total. The molecule has 0 atom stereocenters. The SMILES string of the molecule is CC(=O)OCNC(=O)c1c(C(F)(F)C(F)(F)C(F)(F)C(F)(F)C(F)(F)C(F)(F)C(F)(F)C(F)(F)C(F)(F)C(F)(F)C(F)(F)C(F)(F)C(F)(F)C(F)(F)C(F)(F)C(F)(F)C(F)(F)C(F)(F)C(F)(F)C(F)(F)C(F)(F)C(F)(F)F)cc(N=C=O)c(C)c1N=C=O. The number of halogens is 45. The highest BCUT2D eigenvalue weighted by Gasteiger charge is 3.04. The normalized spacial score (nSPS) is 15.8. The first-order valence-corrected chi connectivity index (χ1v) is 19.6. The van der Waals surface area contributed by atoms with Crippen LogP contribution in [0, 0.1) is 6.92 Å². The van der Waals surface area contributed by atoms with E-state index >= 15 is 26.3 Å². The van der Waals surface area contributed by atoms with Gasteiger partial charge in [0.2, 0.25) is 12.2 Å². The minimum atomic E-state index is -10.9. The van der Waals surface area contributed by atoms with Gasteiger partial charge in [0, 0.05) is 18.1 Å². The fourth-order valence-corrected chi connectivity index (χ4v) is 5.97. The third-order valence-corrected chi connectivity index (χ3v) is 11.2. The van der Waals surface area contributed by atoms with Crippen molar-refractivity contribution in [2.45, 2.75) is 144 Å². The molecule has 8 nitrogen and oxygen atoms in total. The molecule has 0 unspecified atom stereocenters. The Balaban J connectivity index is 4.37. The van der Waals surface area contributed by atoms with Gasteiger partial charge in [-0.25, -0.2) is 9.59 Å². The molecule has 1 aromatic rings. The summed E-state index contributed by atoms with van der Waals surface area (Å²) in [6.07, 6.45) is -8.15. The lowest BCUT2D eigenvalue weighted by molar-refractivity contribution is -0.497. The van der Waals surface area contributed by atoms with Crippen molar-refractivity contribution >= 4 is 35.4 Å². The zero-order valence-corrected chi connectivity index (χ0v) is 39.2. The van der Waals surface area contributed by atoms with Crippen LogP contribution in [0.2, 0.25) is 0 Å². The van der Waals surface area contributed by atoms with E-state index in [1.165, 1.54) is 0 Å². The molecule has 0 bridgehead atoms. The minimum absolute atomic E-state index is 0.218. The first-order valence-electron chi connectivity index (χ1n) is 19.6. The molecule has 510 valence electrons. The van der Waals surface area contributed by atoms with Crippen LogP contribution < -0.4 is 5.32 Å². The van der Waals surface area contributed by atoms with E-state index in [0.717, 1.165) is 5.32 Å². The van der Waals surface area contributed by atoms with Gasteiger partial charge in [0.1, 0.15) is 0 Å². The van der Waals surface area contributed by atoms with Crippen molar-refractivity contribution in [3.05, 3.63) is 22.8 Å². The second kappa shape index (κ2) is 21.5. The minimum Gasteiger partial charge on any atom is -0.445 e. The van der Waals surface area contributed by atoms with Crippen molar-refractivity contribution in [2.75, 3.05) is 6.73 Å². The van der Waals surface area contributed by atoms with E-state index in [2.05, 4.69) is 14.7 Å². The van der Waals surface area contributed by atoms with Gasteiger partial charge in [-0.2, -0.15) is 208 Å². The number of benzene rings is 1. The lowest BCUT2D eigenvalue weighted by Crippen LogP contribution is -2.81. The number of hydrogen-bond donors (Lipinski definition) is 1. The molecule has 0 saturated carbocycles. The van der Waals surface area contributed by atoms with Gasteiger partial charge in [0.05, 0.1) is 16.9 Å². The van der Waals surface area contributed by atoms with Crippen molar-refractivity contribution in [2.24, 2.45) is 9.98 Å². The highest BCUT2D eigenvalue weighted by Crippen LogP contribution is 2.72. The van der Waals surface area contributed by atoms with Crippen LogP contribution in [0.3, 0.4) is 0 Å². The predicted molar refractivity (Wildman–Crippen MR) is 180 cm³/mol. The Kier molecular flexibility index (Phi) is 19.5. The zero-order valence-electron chi connectivity index (χ0n) is 39.2. The second-order valence-corrected chi connectivity index (χ2v) is 16.5. The molecule has 53 heteroatoms. The topological polar surface area (TPSA) is 114 Å². The molecule has 0 aliphatic carbocycles. The summed E-state index contributed by atoms with van der Waals surface area (Å²) in [6, 6.07) is -1.19. The van der Waals surface area contributed by atoms with E-state index in [4.69, 9.17) is 0 Å². The van der Waals surface area contributed by atoms with Gasteiger partial charge in [-0.05, 0) is 13.0 Å². The number of aliphatic imine (C=N–C) groups is 2. The number of esters is 1. The van der Waals surface area contributed by atoms with E-state index in [1.54, 1.807) is 0 Å². The first-order chi connectivity index (χ1) is 37.9. The summed E-state index contributed by atoms with van der Waals surface area (Å²) in [5, 5.41) is 0.976. The number of carbonyl (C=O) groups excluding carboxylic acids is 4. The summed E-state index contributed by atoms with van der Waals surface area (Å²) in [5.74, 6) is -220. The number of nitrogens with zero attached hydrogens (tertiary/aromatic N) is 2. The first kappa shape index (κ1) is 79.8. The Bertz CT molecular complexity index is 2930. The van der Waals surface area contributed by atoms with Gasteiger partial charge in [-0.1, -0.05) is 0 Å². The Morgan fingerprint density at radius 3 is 0.795 bits per heavy atom. The molecule has 1 aromatic carbocycles. The number of carbonyl (C=O) groups is 2. The summed E-state index contributed by atoms with van der Waals surface area (Å²) >= 11 is 0. The number of ether oxygens (including phenoxy) is 1. The van der Waals surface area contributed by atoms with Gasteiger partial charge in [0.25, 0.3) is 5.91 Å². The van der Waals surface area contributed by atoms with Crippen LogP contribution in [0.1, 0.15) is 28.4 Å². The number of hydrogen-bond acceptors (Lipinski definition) is 7. The van der Waals surface area contributed by atoms with Gasteiger partial charge in [-0.15, -0.1) is 0 Å². The summed E-state index contributed by atoms with van der Waals surface area (Å²) in [5.41, 5.74) is -12.1. The second-order valence-electron chi connectivity index (χ2n) is 16.5. The van der Waals surface area contributed by atoms with Gasteiger partial charge < -0.3 is 10.1 Å². The van der Waals surface area contributed by atoms with Crippen LogP contribution in [0.4, 0.5) is 209 Å². The molecule has 0 saturated heterocycles. The number of amides is 1. The van der Waals surface area contributed by atoms with Crippen LogP contribution in [0.25, 0.3) is 0 Å². The maximum absolute atomic E-state index is 15.7. The number of nitrogens with one attached hydrogen (secondary N) is 1. The van der Waals surface area contributed by atoms with E-state index < -0.39 is 183 Å². The van der Waals surface area contributed by atoms with Crippen LogP contribution in [-0.2, 0) is 25.0 Å². The monoisotopic (exact) mass is 1410 g/mol. The predicted octanol–water partition coefficient (Wildman–Crippen LogP) is 15.5. The molecule has 0 aliphatic heterocycles. The van der Waals surface area contributed by atoms with E-state index in [1.807, 2.05) is 0 Å². The molecule has 1 amide bonds. The van der Waals surface area contributed by atoms with Crippen molar-refractivity contribution in [3.8, 4) is 0 Å². The van der Waals surface area contributed by atoms with Crippen LogP contribution in [0.15, 0.2) is 16.1 Å². The van der Waals surface area contributed by atoms with Gasteiger partial charge in [0.15, 0.2) is 6.73 Å². The third kappa shape index (κ3) is 9.80. The maximum atomic E-state index is 15.7. The summed E-state index contributed by atoms with van der Waals surface area (Å²) in [4.78, 5) is 50.1. The van der Waals surface area contributed by atoms with Crippen molar-refractivity contribution in [3.63, 3.8) is 0 Å². The van der Waals surface area contributed by atoms with Crippen molar-refractivity contribution in [1.29, 1.82) is 0 Å².